The largest absolute Gasteiger partial charge is 0.367 e. The van der Waals surface area contributed by atoms with Crippen molar-refractivity contribution in [3.05, 3.63) is 33.7 Å². The van der Waals surface area contributed by atoms with Gasteiger partial charge >= 0.3 is 0 Å². The van der Waals surface area contributed by atoms with Crippen LogP contribution in [0.3, 0.4) is 0 Å². The van der Waals surface area contributed by atoms with Crippen molar-refractivity contribution < 1.29 is 4.74 Å². The third kappa shape index (κ3) is 2.66. The molecule has 0 aromatic carbocycles. The Bertz CT molecular complexity index is 613. The van der Waals surface area contributed by atoms with Crippen LogP contribution in [-0.4, -0.2) is 34.6 Å². The van der Waals surface area contributed by atoms with Gasteiger partial charge in [-0.1, -0.05) is 0 Å². The number of morpholine rings is 1. The summed E-state index contributed by atoms with van der Waals surface area (Å²) in [6.45, 7) is 8.30. The molecule has 0 N–H and O–H groups in total. The fraction of sp³-hybridized carbons (Fsp3) is 0.500. The third-order valence-electron chi connectivity index (χ3n) is 3.33. The molecule has 1 saturated heterocycles. The molecule has 1 fully saturated rings. The van der Waals surface area contributed by atoms with Gasteiger partial charge in [-0.2, -0.15) is 0 Å². The molecular formula is C14H18N4OS. The van der Waals surface area contributed by atoms with Gasteiger partial charge in [0.25, 0.3) is 0 Å². The van der Waals surface area contributed by atoms with Crippen molar-refractivity contribution in [1.82, 2.24) is 15.0 Å². The zero-order valence-corrected chi connectivity index (χ0v) is 12.8. The highest BCUT2D eigenvalue weighted by Gasteiger charge is 2.26. The number of hydrogen-bond donors (Lipinski definition) is 0. The van der Waals surface area contributed by atoms with Gasteiger partial charge in [0, 0.05) is 23.8 Å². The smallest absolute Gasteiger partial charge is 0.150 e. The predicted molar refractivity (Wildman–Crippen MR) is 79.3 cm³/mol. The molecule has 3 rings (SSSR count). The number of anilines is 1. The summed E-state index contributed by atoms with van der Waals surface area (Å²) in [5, 5.41) is 3.11. The number of rotatable bonds is 2. The maximum absolute atomic E-state index is 5.86. The highest BCUT2D eigenvalue weighted by molar-refractivity contribution is 7.09. The van der Waals surface area contributed by atoms with Gasteiger partial charge in [0.05, 0.1) is 24.5 Å². The van der Waals surface area contributed by atoms with Crippen molar-refractivity contribution in [2.45, 2.75) is 26.9 Å². The van der Waals surface area contributed by atoms with Gasteiger partial charge in [0.15, 0.2) is 5.82 Å². The second kappa shape index (κ2) is 5.46. The minimum Gasteiger partial charge on any atom is -0.367 e. The summed E-state index contributed by atoms with van der Waals surface area (Å²) in [4.78, 5) is 15.8. The molecule has 5 nitrogen and oxygen atoms in total. The zero-order chi connectivity index (χ0) is 14.1. The summed E-state index contributed by atoms with van der Waals surface area (Å²) in [6.07, 6.45) is 1.84. The first kappa shape index (κ1) is 13.5. The van der Waals surface area contributed by atoms with Gasteiger partial charge < -0.3 is 9.64 Å². The van der Waals surface area contributed by atoms with Crippen LogP contribution in [0.5, 0.6) is 0 Å². The van der Waals surface area contributed by atoms with Crippen LogP contribution in [0.2, 0.25) is 0 Å². The van der Waals surface area contributed by atoms with Gasteiger partial charge in [-0.15, -0.1) is 11.3 Å². The Hall–Kier alpha value is -1.53. The van der Waals surface area contributed by atoms with Gasteiger partial charge in [0.1, 0.15) is 11.1 Å². The van der Waals surface area contributed by atoms with Gasteiger partial charge in [-0.25, -0.2) is 9.97 Å². The monoisotopic (exact) mass is 290 g/mol. The van der Waals surface area contributed by atoms with E-state index in [1.807, 2.05) is 20.8 Å². The Morgan fingerprint density at radius 2 is 2.10 bits per heavy atom. The average molecular weight is 290 g/mol. The van der Waals surface area contributed by atoms with Crippen molar-refractivity contribution in [3.63, 3.8) is 0 Å². The second-order valence-electron chi connectivity index (χ2n) is 5.05. The van der Waals surface area contributed by atoms with E-state index in [-0.39, 0.29) is 6.10 Å². The first-order chi connectivity index (χ1) is 9.63. The molecule has 1 aliphatic heterocycles. The van der Waals surface area contributed by atoms with E-state index in [4.69, 9.17) is 4.74 Å². The first-order valence-corrected chi connectivity index (χ1v) is 7.60. The molecule has 0 bridgehead atoms. The number of ether oxygens (including phenoxy) is 1. The van der Waals surface area contributed by atoms with E-state index in [2.05, 4.69) is 25.2 Å². The van der Waals surface area contributed by atoms with Gasteiger partial charge in [0.2, 0.25) is 0 Å². The van der Waals surface area contributed by atoms with Crippen LogP contribution in [0.25, 0.3) is 0 Å². The van der Waals surface area contributed by atoms with Crippen LogP contribution in [0, 0.1) is 20.8 Å². The van der Waals surface area contributed by atoms with Crippen LogP contribution in [-0.2, 0) is 4.74 Å². The average Bonchev–Trinajstić information content (AvgIpc) is 2.88. The summed E-state index contributed by atoms with van der Waals surface area (Å²) in [7, 11) is 0. The Morgan fingerprint density at radius 3 is 2.85 bits per heavy atom. The molecule has 1 atom stereocenters. The molecule has 0 spiro atoms. The van der Waals surface area contributed by atoms with Crippen molar-refractivity contribution in [1.29, 1.82) is 0 Å². The highest BCUT2D eigenvalue weighted by atomic mass is 32.1. The molecule has 2 aromatic heterocycles. The Kier molecular flexibility index (Phi) is 3.67. The number of hydrogen-bond acceptors (Lipinski definition) is 6. The number of thiazole rings is 1. The van der Waals surface area contributed by atoms with Gasteiger partial charge in [-0.05, 0) is 20.8 Å². The lowest BCUT2D eigenvalue weighted by atomic mass is 10.2. The molecule has 0 saturated carbocycles. The van der Waals surface area contributed by atoms with E-state index in [1.54, 1.807) is 17.5 Å². The molecule has 106 valence electrons. The summed E-state index contributed by atoms with van der Waals surface area (Å²) >= 11 is 1.66. The maximum Gasteiger partial charge on any atom is 0.150 e. The van der Waals surface area contributed by atoms with Crippen LogP contribution in [0.1, 0.15) is 28.2 Å². The summed E-state index contributed by atoms with van der Waals surface area (Å²) in [5.74, 6) is 0.964. The van der Waals surface area contributed by atoms with Crippen LogP contribution >= 0.6 is 11.3 Å². The van der Waals surface area contributed by atoms with Crippen molar-refractivity contribution in [3.8, 4) is 0 Å². The molecule has 0 aliphatic carbocycles. The molecular weight excluding hydrogens is 272 g/mol. The molecule has 0 amide bonds. The van der Waals surface area contributed by atoms with Crippen molar-refractivity contribution in [2.24, 2.45) is 0 Å². The maximum atomic E-state index is 5.86. The lowest BCUT2D eigenvalue weighted by molar-refractivity contribution is 0.0392. The highest BCUT2D eigenvalue weighted by Crippen LogP contribution is 2.28. The lowest BCUT2D eigenvalue weighted by Crippen LogP contribution is -2.39. The van der Waals surface area contributed by atoms with Crippen LogP contribution in [0.4, 0.5) is 5.82 Å². The van der Waals surface area contributed by atoms with Crippen LogP contribution < -0.4 is 4.90 Å². The van der Waals surface area contributed by atoms with Crippen LogP contribution in [0.15, 0.2) is 11.6 Å². The Labute approximate surface area is 122 Å². The second-order valence-corrected chi connectivity index (χ2v) is 5.94. The first-order valence-electron chi connectivity index (χ1n) is 6.72. The fourth-order valence-corrected chi connectivity index (χ4v) is 3.17. The predicted octanol–water partition coefficient (Wildman–Crippen LogP) is 2.44. The number of aromatic nitrogens is 3. The standard InChI is InChI=1S/C14H18N4OS/c1-9-6-15-11(3)13(16-9)18-4-5-19-12(7-18)14-17-10(2)8-20-14/h6,8,12H,4-5,7H2,1-3H3. The fourth-order valence-electron chi connectivity index (χ4n) is 2.34. The number of nitrogens with zero attached hydrogens (tertiary/aromatic N) is 4. The van der Waals surface area contributed by atoms with E-state index < -0.39 is 0 Å². The Balaban J connectivity index is 1.83. The normalized spacial score (nSPS) is 19.4. The Morgan fingerprint density at radius 1 is 1.25 bits per heavy atom. The molecule has 1 aliphatic rings. The molecule has 0 radical (unpaired) electrons. The number of aryl methyl sites for hydroxylation is 3. The molecule has 3 heterocycles. The minimum absolute atomic E-state index is 0.0316. The van der Waals surface area contributed by atoms with Crippen molar-refractivity contribution >= 4 is 17.2 Å². The topological polar surface area (TPSA) is 51.1 Å². The SMILES string of the molecule is Cc1csc(C2CN(c3nc(C)cnc3C)CCO2)n1. The quantitative estimate of drug-likeness (QED) is 0.850. The molecule has 6 heteroatoms. The third-order valence-corrected chi connectivity index (χ3v) is 4.38. The molecule has 20 heavy (non-hydrogen) atoms. The van der Waals surface area contributed by atoms with Gasteiger partial charge in [-0.3, -0.25) is 4.98 Å². The van der Waals surface area contributed by atoms with E-state index >= 15 is 0 Å². The minimum atomic E-state index is 0.0316. The van der Waals surface area contributed by atoms with E-state index in [9.17, 15) is 0 Å². The van der Waals surface area contributed by atoms with E-state index in [1.165, 1.54) is 0 Å². The summed E-state index contributed by atoms with van der Waals surface area (Å²) in [6, 6.07) is 0. The summed E-state index contributed by atoms with van der Waals surface area (Å²) < 4.78 is 5.86. The van der Waals surface area contributed by atoms with Crippen molar-refractivity contribution in [2.75, 3.05) is 24.6 Å². The van der Waals surface area contributed by atoms with E-state index in [0.29, 0.717) is 6.61 Å². The lowest BCUT2D eigenvalue weighted by Gasteiger charge is -2.33. The molecule has 2 aromatic rings. The molecule has 1 unspecified atom stereocenters. The summed E-state index contributed by atoms with van der Waals surface area (Å²) in [5.41, 5.74) is 2.96. The van der Waals surface area contributed by atoms with E-state index in [0.717, 1.165) is 41.0 Å². The zero-order valence-electron chi connectivity index (χ0n) is 12.0.